The van der Waals surface area contributed by atoms with Crippen molar-refractivity contribution < 1.29 is 39.9 Å². The lowest BCUT2D eigenvalue weighted by Gasteiger charge is -2.40. The van der Waals surface area contributed by atoms with Gasteiger partial charge in [-0.05, 0) is 32.0 Å². The van der Waals surface area contributed by atoms with Crippen LogP contribution in [0.15, 0.2) is 29.4 Å². The van der Waals surface area contributed by atoms with E-state index in [-0.39, 0.29) is 5.69 Å². The van der Waals surface area contributed by atoms with Crippen LogP contribution in [-0.4, -0.2) is 34.2 Å². The third-order valence-corrected chi connectivity index (χ3v) is 5.37. The summed E-state index contributed by atoms with van der Waals surface area (Å²) in [7, 11) is 0. The normalized spacial score (nSPS) is 24.2. The van der Waals surface area contributed by atoms with Gasteiger partial charge in [0.15, 0.2) is 5.83 Å². The van der Waals surface area contributed by atoms with Crippen molar-refractivity contribution in [1.29, 1.82) is 0 Å². The van der Waals surface area contributed by atoms with Gasteiger partial charge in [-0.25, -0.2) is 13.8 Å². The molecule has 0 bridgehead atoms. The number of rotatable bonds is 3. The summed E-state index contributed by atoms with van der Waals surface area (Å²) in [6.45, 7) is 1.14. The van der Waals surface area contributed by atoms with Crippen LogP contribution in [0.4, 0.5) is 35.1 Å². The van der Waals surface area contributed by atoms with E-state index >= 15 is 0 Å². The SMILES string of the molecule is C[C@@]1(c2nc(/C=C(\F)c3ncc(C(F)(F)F)cc3Cl)ccc2F)CO[C@@](C)(C(F)(F)F)C(N)=N1. The number of hydrogen-bond acceptors (Lipinski definition) is 5. The molecule has 2 aromatic rings. The summed E-state index contributed by atoms with van der Waals surface area (Å²) in [6.07, 6.45) is -8.54. The lowest BCUT2D eigenvalue weighted by atomic mass is 9.93. The maximum atomic E-state index is 14.7. The number of nitrogens with zero attached hydrogens (tertiary/aromatic N) is 3. The topological polar surface area (TPSA) is 73.4 Å². The summed E-state index contributed by atoms with van der Waals surface area (Å²) < 4.78 is 112. The molecule has 0 saturated carbocycles. The zero-order valence-corrected chi connectivity index (χ0v) is 18.1. The summed E-state index contributed by atoms with van der Waals surface area (Å²) in [5.74, 6) is -3.13. The molecule has 0 unspecified atom stereocenters. The number of pyridine rings is 2. The molecule has 1 aliphatic rings. The number of hydrogen-bond donors (Lipinski definition) is 1. The Morgan fingerprint density at radius 3 is 2.35 bits per heavy atom. The molecule has 5 nitrogen and oxygen atoms in total. The van der Waals surface area contributed by atoms with Gasteiger partial charge in [0.05, 0.1) is 22.9 Å². The van der Waals surface area contributed by atoms with Crippen molar-refractivity contribution in [3.8, 4) is 0 Å². The molecule has 1 aliphatic heterocycles. The van der Waals surface area contributed by atoms with Gasteiger partial charge in [-0.15, -0.1) is 0 Å². The first-order valence-electron chi connectivity index (χ1n) is 9.32. The van der Waals surface area contributed by atoms with Crippen molar-refractivity contribution in [3.63, 3.8) is 0 Å². The Hall–Kier alpha value is -2.80. The van der Waals surface area contributed by atoms with E-state index in [1.807, 2.05) is 0 Å². The molecular weight excluding hydrogens is 500 g/mol. The van der Waals surface area contributed by atoms with Crippen molar-refractivity contribution in [2.45, 2.75) is 37.3 Å². The Morgan fingerprint density at radius 1 is 1.18 bits per heavy atom. The standard InChI is InChI=1S/C20H15ClF8N4O/c1-17(8-34-18(2,16(30)33-17)20(27,28)29)15-12(22)4-3-10(32-15)6-13(23)14-11(21)5-9(7-31-14)19(24,25)26/h3-7H,8H2,1-2H3,(H2,30,33)/b13-6-/t17-,18+/m0/s1. The van der Waals surface area contributed by atoms with Crippen LogP contribution >= 0.6 is 11.6 Å². The Bertz CT molecular complexity index is 1180. The minimum atomic E-state index is -4.89. The number of ether oxygens (including phenoxy) is 1. The number of amidine groups is 1. The van der Waals surface area contributed by atoms with E-state index < -0.39 is 69.6 Å². The molecule has 3 heterocycles. The highest BCUT2D eigenvalue weighted by Crippen LogP contribution is 2.41. The van der Waals surface area contributed by atoms with Crippen LogP contribution < -0.4 is 5.73 Å². The fourth-order valence-corrected chi connectivity index (χ4v) is 3.25. The summed E-state index contributed by atoms with van der Waals surface area (Å²) in [5.41, 5.74) is -1.74. The molecule has 0 aliphatic carbocycles. The number of halogens is 9. The number of nitrogens with two attached hydrogens (primary N) is 1. The Morgan fingerprint density at radius 2 is 1.82 bits per heavy atom. The predicted molar refractivity (Wildman–Crippen MR) is 107 cm³/mol. The lowest BCUT2D eigenvalue weighted by Crippen LogP contribution is -2.60. The van der Waals surface area contributed by atoms with Crippen LogP contribution in [0.25, 0.3) is 11.9 Å². The van der Waals surface area contributed by atoms with E-state index in [9.17, 15) is 35.1 Å². The summed E-state index contributed by atoms with van der Waals surface area (Å²) in [4.78, 5) is 11.1. The van der Waals surface area contributed by atoms with Crippen molar-refractivity contribution in [2.75, 3.05) is 6.61 Å². The summed E-state index contributed by atoms with van der Waals surface area (Å²) >= 11 is 5.71. The van der Waals surface area contributed by atoms with Crippen LogP contribution in [-0.2, 0) is 16.5 Å². The maximum absolute atomic E-state index is 14.7. The van der Waals surface area contributed by atoms with Crippen molar-refractivity contribution in [1.82, 2.24) is 9.97 Å². The molecule has 0 amide bonds. The molecule has 0 spiro atoms. The second-order valence-corrected chi connectivity index (χ2v) is 8.11. The first-order chi connectivity index (χ1) is 15.5. The third kappa shape index (κ3) is 4.71. The second kappa shape index (κ2) is 8.45. The molecule has 0 saturated heterocycles. The molecule has 0 fully saturated rings. The van der Waals surface area contributed by atoms with Gasteiger partial charge in [0, 0.05) is 12.3 Å². The molecule has 0 aromatic carbocycles. The summed E-state index contributed by atoms with van der Waals surface area (Å²) in [5, 5.41) is -0.637. The van der Waals surface area contributed by atoms with Crippen LogP contribution in [0.2, 0.25) is 5.02 Å². The number of alkyl halides is 6. The fraction of sp³-hybridized carbons (Fsp3) is 0.350. The van der Waals surface area contributed by atoms with Crippen molar-refractivity contribution in [2.24, 2.45) is 10.7 Å². The average molecular weight is 515 g/mol. The third-order valence-electron chi connectivity index (χ3n) is 5.09. The fourth-order valence-electron chi connectivity index (χ4n) is 2.99. The first kappa shape index (κ1) is 25.8. The van der Waals surface area contributed by atoms with Gasteiger partial charge in [0.2, 0.25) is 5.60 Å². The monoisotopic (exact) mass is 514 g/mol. The Balaban J connectivity index is 2.00. The van der Waals surface area contributed by atoms with E-state index in [1.165, 1.54) is 6.92 Å². The van der Waals surface area contributed by atoms with E-state index in [1.54, 1.807) is 0 Å². The molecule has 3 rings (SSSR count). The molecule has 0 radical (unpaired) electrons. The van der Waals surface area contributed by atoms with E-state index in [4.69, 9.17) is 22.1 Å². The average Bonchev–Trinajstić information content (AvgIpc) is 2.70. The highest BCUT2D eigenvalue weighted by molar-refractivity contribution is 6.32. The van der Waals surface area contributed by atoms with E-state index in [0.717, 1.165) is 12.1 Å². The zero-order chi connectivity index (χ0) is 25.7. The number of aromatic nitrogens is 2. The Kier molecular flexibility index (Phi) is 6.42. The predicted octanol–water partition coefficient (Wildman–Crippen LogP) is 5.68. The van der Waals surface area contributed by atoms with Crippen LogP contribution in [0.1, 0.15) is 36.5 Å². The van der Waals surface area contributed by atoms with Crippen LogP contribution in [0.3, 0.4) is 0 Å². The lowest BCUT2D eigenvalue weighted by molar-refractivity contribution is -0.249. The maximum Gasteiger partial charge on any atom is 0.424 e. The molecular formula is C20H15ClF8N4O. The van der Waals surface area contributed by atoms with Crippen molar-refractivity contribution >= 4 is 29.3 Å². The van der Waals surface area contributed by atoms with Crippen molar-refractivity contribution in [3.05, 3.63) is 57.9 Å². The molecule has 14 heteroatoms. The van der Waals surface area contributed by atoms with Gasteiger partial charge >= 0.3 is 12.4 Å². The first-order valence-corrected chi connectivity index (χ1v) is 9.69. The number of aliphatic imine (C=N–C) groups is 1. The molecule has 2 atom stereocenters. The van der Waals surface area contributed by atoms with Gasteiger partial charge in [-0.3, -0.25) is 9.98 Å². The van der Waals surface area contributed by atoms with Gasteiger partial charge in [0.1, 0.15) is 28.6 Å². The Labute approximate surface area is 192 Å². The van der Waals surface area contributed by atoms with Gasteiger partial charge in [0.25, 0.3) is 0 Å². The van der Waals surface area contributed by atoms with Crippen LogP contribution in [0.5, 0.6) is 0 Å². The molecule has 2 aromatic heterocycles. The zero-order valence-electron chi connectivity index (χ0n) is 17.3. The summed E-state index contributed by atoms with van der Waals surface area (Å²) in [6, 6.07) is 2.37. The molecule has 34 heavy (non-hydrogen) atoms. The minimum absolute atomic E-state index is 0.245. The van der Waals surface area contributed by atoms with Crippen LogP contribution in [0, 0.1) is 5.82 Å². The van der Waals surface area contributed by atoms with Gasteiger partial charge < -0.3 is 10.5 Å². The van der Waals surface area contributed by atoms with E-state index in [2.05, 4.69) is 15.0 Å². The second-order valence-electron chi connectivity index (χ2n) is 7.70. The van der Waals surface area contributed by atoms with E-state index in [0.29, 0.717) is 25.3 Å². The van der Waals surface area contributed by atoms with Gasteiger partial charge in [-0.1, -0.05) is 11.6 Å². The van der Waals surface area contributed by atoms with Gasteiger partial charge in [-0.2, -0.15) is 26.3 Å². The molecule has 2 N–H and O–H groups in total. The highest BCUT2D eigenvalue weighted by Gasteiger charge is 2.59. The quantitative estimate of drug-likeness (QED) is 0.535. The highest BCUT2D eigenvalue weighted by atomic mass is 35.5. The smallest absolute Gasteiger partial charge is 0.385 e. The largest absolute Gasteiger partial charge is 0.424 e. The minimum Gasteiger partial charge on any atom is -0.385 e. The molecule has 184 valence electrons.